The zero-order chi connectivity index (χ0) is 16.2. The molecule has 0 aliphatic carbocycles. The number of ether oxygens (including phenoxy) is 2. The van der Waals surface area contributed by atoms with Crippen molar-refractivity contribution < 1.29 is 9.47 Å². The highest BCUT2D eigenvalue weighted by Crippen LogP contribution is 2.17. The third-order valence-corrected chi connectivity index (χ3v) is 2.93. The molecule has 5 nitrogen and oxygen atoms in total. The molecule has 0 spiro atoms. The summed E-state index contributed by atoms with van der Waals surface area (Å²) in [6.07, 6.45) is 0. The lowest BCUT2D eigenvalue weighted by Crippen LogP contribution is -2.38. The molecule has 5 heteroatoms. The Bertz CT molecular complexity index is 447. The molecule has 1 aromatic carbocycles. The van der Waals surface area contributed by atoms with E-state index in [2.05, 4.69) is 35.5 Å². The van der Waals surface area contributed by atoms with Crippen molar-refractivity contribution >= 4 is 5.96 Å². The van der Waals surface area contributed by atoms with Gasteiger partial charge < -0.3 is 20.1 Å². The van der Waals surface area contributed by atoms with Gasteiger partial charge in [0.05, 0.1) is 13.2 Å². The number of para-hydroxylation sites is 1. The van der Waals surface area contributed by atoms with Gasteiger partial charge >= 0.3 is 0 Å². The number of benzene rings is 1. The van der Waals surface area contributed by atoms with E-state index in [0.29, 0.717) is 25.7 Å². The monoisotopic (exact) mass is 307 g/mol. The predicted octanol–water partition coefficient (Wildman–Crippen LogP) is 2.42. The second-order valence-corrected chi connectivity index (χ2v) is 5.36. The Labute approximate surface area is 134 Å². The summed E-state index contributed by atoms with van der Waals surface area (Å²) < 4.78 is 11.2. The lowest BCUT2D eigenvalue weighted by molar-refractivity contribution is 0.114. The van der Waals surface area contributed by atoms with Crippen molar-refractivity contribution in [1.29, 1.82) is 0 Å². The van der Waals surface area contributed by atoms with Crippen LogP contribution >= 0.6 is 0 Å². The SMILES string of the molecule is CCOc1ccccc1CNC(=NC)NCCOCC(C)C. The van der Waals surface area contributed by atoms with Crippen molar-refractivity contribution in [3.8, 4) is 5.75 Å². The molecule has 0 saturated heterocycles. The van der Waals surface area contributed by atoms with Crippen molar-refractivity contribution in [3.05, 3.63) is 29.8 Å². The maximum Gasteiger partial charge on any atom is 0.191 e. The molecule has 22 heavy (non-hydrogen) atoms. The molecule has 0 heterocycles. The van der Waals surface area contributed by atoms with Crippen LogP contribution < -0.4 is 15.4 Å². The van der Waals surface area contributed by atoms with E-state index >= 15 is 0 Å². The number of hydrogen-bond acceptors (Lipinski definition) is 3. The predicted molar refractivity (Wildman–Crippen MR) is 91.5 cm³/mol. The van der Waals surface area contributed by atoms with Crippen LogP contribution in [0.2, 0.25) is 0 Å². The van der Waals surface area contributed by atoms with Crippen molar-refractivity contribution in [1.82, 2.24) is 10.6 Å². The largest absolute Gasteiger partial charge is 0.494 e. The van der Waals surface area contributed by atoms with Crippen LogP contribution in [0.4, 0.5) is 0 Å². The number of nitrogens with zero attached hydrogens (tertiary/aromatic N) is 1. The van der Waals surface area contributed by atoms with Crippen molar-refractivity contribution in [2.45, 2.75) is 27.3 Å². The maximum atomic E-state index is 5.62. The first-order valence-corrected chi connectivity index (χ1v) is 7.90. The zero-order valence-corrected chi connectivity index (χ0v) is 14.2. The van der Waals surface area contributed by atoms with Gasteiger partial charge in [-0.3, -0.25) is 4.99 Å². The summed E-state index contributed by atoms with van der Waals surface area (Å²) in [5.74, 6) is 2.24. The van der Waals surface area contributed by atoms with Crippen LogP contribution in [0.15, 0.2) is 29.3 Å². The summed E-state index contributed by atoms with van der Waals surface area (Å²) in [4.78, 5) is 4.21. The summed E-state index contributed by atoms with van der Waals surface area (Å²) in [5, 5.41) is 6.53. The summed E-state index contributed by atoms with van der Waals surface area (Å²) in [6, 6.07) is 8.02. The Morgan fingerprint density at radius 3 is 2.68 bits per heavy atom. The van der Waals surface area contributed by atoms with E-state index in [4.69, 9.17) is 9.47 Å². The summed E-state index contributed by atoms with van der Waals surface area (Å²) in [7, 11) is 1.76. The van der Waals surface area contributed by atoms with Crippen LogP contribution in [0.5, 0.6) is 5.75 Å². The van der Waals surface area contributed by atoms with Crippen LogP contribution in [0.3, 0.4) is 0 Å². The van der Waals surface area contributed by atoms with E-state index in [-0.39, 0.29) is 0 Å². The van der Waals surface area contributed by atoms with E-state index in [9.17, 15) is 0 Å². The second kappa shape index (κ2) is 10.9. The first kappa shape index (κ1) is 18.3. The minimum Gasteiger partial charge on any atom is -0.494 e. The molecule has 124 valence electrons. The zero-order valence-electron chi connectivity index (χ0n) is 14.2. The summed E-state index contributed by atoms with van der Waals surface area (Å²) in [6.45, 7) is 9.80. The molecule has 0 fully saturated rings. The molecule has 1 rings (SSSR count). The van der Waals surface area contributed by atoms with Gasteiger partial charge in [-0.2, -0.15) is 0 Å². The van der Waals surface area contributed by atoms with Crippen LogP contribution in [0.25, 0.3) is 0 Å². The molecule has 0 aliphatic heterocycles. The molecule has 1 aromatic rings. The standard InChI is InChI=1S/C17H29N3O2/c1-5-22-16-9-7-6-8-15(16)12-20-17(18-4)19-10-11-21-13-14(2)3/h6-9,14H,5,10-13H2,1-4H3,(H2,18,19,20). The topological polar surface area (TPSA) is 54.9 Å². The van der Waals surface area contributed by atoms with Crippen molar-refractivity contribution in [2.24, 2.45) is 10.9 Å². The number of rotatable bonds is 9. The molecule has 0 aliphatic rings. The van der Waals surface area contributed by atoms with Gasteiger partial charge in [0.25, 0.3) is 0 Å². The maximum absolute atomic E-state index is 5.62. The van der Waals surface area contributed by atoms with Gasteiger partial charge in [-0.1, -0.05) is 32.0 Å². The Morgan fingerprint density at radius 2 is 2.00 bits per heavy atom. The average molecular weight is 307 g/mol. The highest BCUT2D eigenvalue weighted by molar-refractivity contribution is 5.79. The molecular formula is C17H29N3O2. The third-order valence-electron chi connectivity index (χ3n) is 2.93. The van der Waals surface area contributed by atoms with Gasteiger partial charge in [0.2, 0.25) is 0 Å². The lowest BCUT2D eigenvalue weighted by Gasteiger charge is -2.14. The smallest absolute Gasteiger partial charge is 0.191 e. The molecule has 0 saturated carbocycles. The Morgan fingerprint density at radius 1 is 1.23 bits per heavy atom. The Balaban J connectivity index is 2.35. The number of hydrogen-bond donors (Lipinski definition) is 2. The molecule has 2 N–H and O–H groups in total. The molecule has 0 bridgehead atoms. The van der Waals surface area contributed by atoms with Gasteiger partial charge in [0, 0.05) is 32.3 Å². The van der Waals surface area contributed by atoms with E-state index < -0.39 is 0 Å². The molecule has 0 amide bonds. The number of nitrogens with one attached hydrogen (secondary N) is 2. The van der Waals surface area contributed by atoms with Crippen LogP contribution in [0, 0.1) is 5.92 Å². The van der Waals surface area contributed by atoms with E-state index in [1.165, 1.54) is 0 Å². The van der Waals surface area contributed by atoms with Gasteiger partial charge in [-0.25, -0.2) is 0 Å². The quantitative estimate of drug-likeness (QED) is 0.418. The third kappa shape index (κ3) is 7.31. The van der Waals surface area contributed by atoms with Crippen molar-refractivity contribution in [2.75, 3.05) is 33.4 Å². The fraction of sp³-hybridized carbons (Fsp3) is 0.588. The van der Waals surface area contributed by atoms with Crippen LogP contribution in [-0.2, 0) is 11.3 Å². The minimum absolute atomic E-state index is 0.563. The van der Waals surface area contributed by atoms with Gasteiger partial charge in [-0.05, 0) is 18.9 Å². The van der Waals surface area contributed by atoms with Crippen LogP contribution in [0.1, 0.15) is 26.3 Å². The highest BCUT2D eigenvalue weighted by Gasteiger charge is 2.03. The molecule has 0 radical (unpaired) electrons. The van der Waals surface area contributed by atoms with Gasteiger partial charge in [0.1, 0.15) is 5.75 Å². The number of guanidine groups is 1. The van der Waals surface area contributed by atoms with E-state index in [1.807, 2.05) is 25.1 Å². The van der Waals surface area contributed by atoms with E-state index in [0.717, 1.165) is 30.4 Å². The average Bonchev–Trinajstić information content (AvgIpc) is 2.51. The fourth-order valence-electron chi connectivity index (χ4n) is 1.91. The lowest BCUT2D eigenvalue weighted by atomic mass is 10.2. The normalized spacial score (nSPS) is 11.6. The van der Waals surface area contributed by atoms with Crippen LogP contribution in [-0.4, -0.2) is 39.4 Å². The second-order valence-electron chi connectivity index (χ2n) is 5.36. The molecule has 0 aromatic heterocycles. The first-order chi connectivity index (χ1) is 10.7. The minimum atomic E-state index is 0.563. The molecule has 0 unspecified atom stereocenters. The Kier molecular flexibility index (Phi) is 9.07. The summed E-state index contributed by atoms with van der Waals surface area (Å²) >= 11 is 0. The van der Waals surface area contributed by atoms with Gasteiger partial charge in [0.15, 0.2) is 5.96 Å². The summed E-state index contributed by atoms with van der Waals surface area (Å²) in [5.41, 5.74) is 1.11. The highest BCUT2D eigenvalue weighted by atomic mass is 16.5. The first-order valence-electron chi connectivity index (χ1n) is 7.90. The number of aliphatic imine (C=N–C) groups is 1. The van der Waals surface area contributed by atoms with Gasteiger partial charge in [-0.15, -0.1) is 0 Å². The Hall–Kier alpha value is -1.75. The van der Waals surface area contributed by atoms with Crippen molar-refractivity contribution in [3.63, 3.8) is 0 Å². The van der Waals surface area contributed by atoms with E-state index in [1.54, 1.807) is 7.05 Å². The fourth-order valence-corrected chi connectivity index (χ4v) is 1.91. The molecular weight excluding hydrogens is 278 g/mol. The molecule has 0 atom stereocenters.